The minimum atomic E-state index is -0.333. The van der Waals surface area contributed by atoms with Gasteiger partial charge in [0.1, 0.15) is 6.10 Å². The van der Waals surface area contributed by atoms with Gasteiger partial charge in [0.2, 0.25) is 0 Å². The second kappa shape index (κ2) is 5.76. The number of hydrogen-bond acceptors (Lipinski definition) is 3. The molecule has 2 N–H and O–H groups in total. The van der Waals surface area contributed by atoms with Crippen molar-refractivity contribution in [1.29, 1.82) is 0 Å². The lowest BCUT2D eigenvalue weighted by Crippen LogP contribution is -2.30. The molecule has 0 spiro atoms. The molecule has 5 heteroatoms. The number of amides is 2. The van der Waals surface area contributed by atoms with E-state index >= 15 is 0 Å². The smallest absolute Gasteiger partial charge is 0.338 e. The van der Waals surface area contributed by atoms with Gasteiger partial charge < -0.3 is 15.4 Å². The molecule has 0 saturated heterocycles. The summed E-state index contributed by atoms with van der Waals surface area (Å²) in [5, 5.41) is 5.58. The quantitative estimate of drug-likeness (QED) is 0.819. The predicted octanol–water partition coefficient (Wildman–Crippen LogP) is 2.93. The average Bonchev–Trinajstić information content (AvgIpc) is 3.32. The lowest BCUT2D eigenvalue weighted by Gasteiger charge is -2.13. The lowest BCUT2D eigenvalue weighted by molar-refractivity contribution is 0.0294. The van der Waals surface area contributed by atoms with Crippen LogP contribution >= 0.6 is 0 Å². The molecule has 0 aromatic heterocycles. The standard InChI is InChI=1S/C16H20N2O3/c1-10(11-5-6-11)21-15(19)12-3-2-4-14(9-12)18-16(20)17-13-7-8-13/h2-4,9-11,13H,5-8H2,1H3,(H2,17,18,20). The fraction of sp³-hybridized carbons (Fsp3) is 0.500. The largest absolute Gasteiger partial charge is 0.459 e. The first-order valence-electron chi connectivity index (χ1n) is 7.50. The maximum atomic E-state index is 12.1. The third kappa shape index (κ3) is 3.97. The van der Waals surface area contributed by atoms with Crippen molar-refractivity contribution in [3.05, 3.63) is 29.8 Å². The molecule has 1 aromatic carbocycles. The van der Waals surface area contributed by atoms with Gasteiger partial charge in [0.05, 0.1) is 5.56 Å². The van der Waals surface area contributed by atoms with Crippen LogP contribution in [0, 0.1) is 5.92 Å². The van der Waals surface area contributed by atoms with Gasteiger partial charge in [-0.05, 0) is 56.7 Å². The molecule has 2 saturated carbocycles. The summed E-state index contributed by atoms with van der Waals surface area (Å²) < 4.78 is 5.43. The van der Waals surface area contributed by atoms with Gasteiger partial charge in [0, 0.05) is 11.7 Å². The molecule has 1 atom stereocenters. The predicted molar refractivity (Wildman–Crippen MR) is 79.2 cm³/mol. The number of urea groups is 1. The van der Waals surface area contributed by atoms with E-state index in [1.165, 1.54) is 0 Å². The number of benzene rings is 1. The van der Waals surface area contributed by atoms with Crippen molar-refractivity contribution in [2.45, 2.75) is 44.8 Å². The zero-order valence-electron chi connectivity index (χ0n) is 12.1. The fourth-order valence-electron chi connectivity index (χ4n) is 2.20. The van der Waals surface area contributed by atoms with Crippen LogP contribution in [0.5, 0.6) is 0 Å². The van der Waals surface area contributed by atoms with Crippen LogP contribution in [0.15, 0.2) is 24.3 Å². The van der Waals surface area contributed by atoms with Crippen LogP contribution in [-0.4, -0.2) is 24.1 Å². The highest BCUT2D eigenvalue weighted by molar-refractivity contribution is 5.94. The van der Waals surface area contributed by atoms with E-state index in [2.05, 4.69) is 10.6 Å². The zero-order chi connectivity index (χ0) is 14.8. The molecule has 5 nitrogen and oxygen atoms in total. The fourth-order valence-corrected chi connectivity index (χ4v) is 2.20. The number of ether oxygens (including phenoxy) is 1. The Morgan fingerprint density at radius 2 is 2.00 bits per heavy atom. The molecule has 1 aromatic rings. The second-order valence-corrected chi connectivity index (χ2v) is 5.90. The Morgan fingerprint density at radius 1 is 1.24 bits per heavy atom. The van der Waals surface area contributed by atoms with Gasteiger partial charge in [0.25, 0.3) is 0 Å². The first-order chi connectivity index (χ1) is 10.1. The molecule has 0 aliphatic heterocycles. The van der Waals surface area contributed by atoms with Crippen molar-refractivity contribution in [2.24, 2.45) is 5.92 Å². The average molecular weight is 288 g/mol. The number of hydrogen-bond donors (Lipinski definition) is 2. The summed E-state index contributed by atoms with van der Waals surface area (Å²) in [6.07, 6.45) is 4.32. The summed E-state index contributed by atoms with van der Waals surface area (Å²) in [6.45, 7) is 1.93. The molecule has 2 fully saturated rings. The number of anilines is 1. The Labute approximate surface area is 124 Å². The summed E-state index contributed by atoms with van der Waals surface area (Å²) >= 11 is 0. The van der Waals surface area contributed by atoms with Crippen molar-refractivity contribution in [1.82, 2.24) is 5.32 Å². The van der Waals surface area contributed by atoms with Crippen LogP contribution < -0.4 is 10.6 Å². The van der Waals surface area contributed by atoms with E-state index in [9.17, 15) is 9.59 Å². The van der Waals surface area contributed by atoms with E-state index in [4.69, 9.17) is 4.74 Å². The molecular formula is C16H20N2O3. The molecule has 21 heavy (non-hydrogen) atoms. The molecule has 0 heterocycles. The summed E-state index contributed by atoms with van der Waals surface area (Å²) in [4.78, 5) is 23.7. The Hall–Kier alpha value is -2.04. The first-order valence-corrected chi connectivity index (χ1v) is 7.50. The molecule has 112 valence electrons. The van der Waals surface area contributed by atoms with Gasteiger partial charge in [-0.2, -0.15) is 0 Å². The number of esters is 1. The number of carbonyl (C=O) groups excluding carboxylic acids is 2. The summed E-state index contributed by atoms with van der Waals surface area (Å²) in [6, 6.07) is 6.92. The van der Waals surface area contributed by atoms with E-state index in [0.717, 1.165) is 25.7 Å². The first kappa shape index (κ1) is 13.9. The van der Waals surface area contributed by atoms with Gasteiger partial charge in [-0.25, -0.2) is 9.59 Å². The minimum absolute atomic E-state index is 0.0349. The van der Waals surface area contributed by atoms with Gasteiger partial charge >= 0.3 is 12.0 Å². The van der Waals surface area contributed by atoms with Crippen LogP contribution in [-0.2, 0) is 4.74 Å². The van der Waals surface area contributed by atoms with Crippen molar-refractivity contribution in [2.75, 3.05) is 5.32 Å². The van der Waals surface area contributed by atoms with Crippen molar-refractivity contribution in [3.8, 4) is 0 Å². The van der Waals surface area contributed by atoms with Crippen LogP contribution in [0.1, 0.15) is 43.0 Å². The number of carbonyl (C=O) groups is 2. The highest BCUT2D eigenvalue weighted by atomic mass is 16.5. The van der Waals surface area contributed by atoms with E-state index in [-0.39, 0.29) is 18.1 Å². The number of nitrogens with one attached hydrogen (secondary N) is 2. The molecular weight excluding hydrogens is 268 g/mol. The van der Waals surface area contributed by atoms with Crippen LogP contribution in [0.25, 0.3) is 0 Å². The van der Waals surface area contributed by atoms with Crippen LogP contribution in [0.2, 0.25) is 0 Å². The van der Waals surface area contributed by atoms with E-state index in [0.29, 0.717) is 23.2 Å². The third-order valence-electron chi connectivity index (χ3n) is 3.85. The Kier molecular flexibility index (Phi) is 3.82. The molecule has 2 aliphatic carbocycles. The van der Waals surface area contributed by atoms with Gasteiger partial charge in [0.15, 0.2) is 0 Å². The van der Waals surface area contributed by atoms with Crippen molar-refractivity contribution < 1.29 is 14.3 Å². The summed E-state index contributed by atoms with van der Waals surface area (Å²) in [7, 11) is 0. The highest BCUT2D eigenvalue weighted by Gasteiger charge is 2.31. The molecule has 3 rings (SSSR count). The molecule has 0 radical (unpaired) electrons. The zero-order valence-corrected chi connectivity index (χ0v) is 12.1. The molecule has 1 unspecified atom stereocenters. The topological polar surface area (TPSA) is 67.4 Å². The SMILES string of the molecule is CC(OC(=O)c1cccc(NC(=O)NC2CC2)c1)C1CC1. The van der Waals surface area contributed by atoms with Gasteiger partial charge in [-0.15, -0.1) is 0 Å². The van der Waals surface area contributed by atoms with Crippen molar-refractivity contribution >= 4 is 17.7 Å². The Morgan fingerprint density at radius 3 is 2.67 bits per heavy atom. The number of rotatable bonds is 5. The molecule has 0 bridgehead atoms. The van der Waals surface area contributed by atoms with Crippen LogP contribution in [0.4, 0.5) is 10.5 Å². The van der Waals surface area contributed by atoms with Crippen LogP contribution in [0.3, 0.4) is 0 Å². The molecule has 2 amide bonds. The summed E-state index contributed by atoms with van der Waals surface area (Å²) in [5.41, 5.74) is 1.06. The Balaban J connectivity index is 1.58. The van der Waals surface area contributed by atoms with Crippen molar-refractivity contribution in [3.63, 3.8) is 0 Å². The van der Waals surface area contributed by atoms with E-state index in [1.54, 1.807) is 24.3 Å². The second-order valence-electron chi connectivity index (χ2n) is 5.90. The van der Waals surface area contributed by atoms with Gasteiger partial charge in [-0.1, -0.05) is 6.07 Å². The van der Waals surface area contributed by atoms with E-state index in [1.807, 2.05) is 6.92 Å². The minimum Gasteiger partial charge on any atom is -0.459 e. The van der Waals surface area contributed by atoms with E-state index < -0.39 is 0 Å². The maximum Gasteiger partial charge on any atom is 0.338 e. The molecule has 2 aliphatic rings. The summed E-state index contributed by atoms with van der Waals surface area (Å²) in [5.74, 6) is 0.181. The normalized spacial score (nSPS) is 18.7. The highest BCUT2D eigenvalue weighted by Crippen LogP contribution is 2.34. The lowest BCUT2D eigenvalue weighted by atomic mass is 10.2. The third-order valence-corrected chi connectivity index (χ3v) is 3.85. The van der Waals surface area contributed by atoms with Gasteiger partial charge in [-0.3, -0.25) is 0 Å². The Bertz CT molecular complexity index is 550. The maximum absolute atomic E-state index is 12.1. The monoisotopic (exact) mass is 288 g/mol.